The van der Waals surface area contributed by atoms with Crippen LogP contribution in [0.15, 0.2) is 0 Å². The minimum absolute atomic E-state index is 0.205. The number of rotatable bonds is 5. The second-order valence-corrected chi connectivity index (χ2v) is 3.79. The van der Waals surface area contributed by atoms with Crippen LogP contribution < -0.4 is 11.5 Å². The van der Waals surface area contributed by atoms with Gasteiger partial charge in [-0.25, -0.2) is 0 Å². The zero-order valence-electron chi connectivity index (χ0n) is 8.01. The van der Waals surface area contributed by atoms with E-state index in [4.69, 9.17) is 11.5 Å². The van der Waals surface area contributed by atoms with Crippen molar-refractivity contribution in [3.63, 3.8) is 0 Å². The van der Waals surface area contributed by atoms with Crippen LogP contribution in [0.1, 0.15) is 33.6 Å². The SMILES string of the molecule is CC(C)[C@@H](C)CC[C@@H](N)CN. The van der Waals surface area contributed by atoms with Gasteiger partial charge in [0.1, 0.15) is 0 Å². The number of nitrogens with two attached hydrogens (primary N) is 2. The van der Waals surface area contributed by atoms with E-state index in [0.29, 0.717) is 6.54 Å². The molecule has 0 rings (SSSR count). The average Bonchev–Trinajstić information content (AvgIpc) is 1.99. The summed E-state index contributed by atoms with van der Waals surface area (Å²) in [7, 11) is 0. The van der Waals surface area contributed by atoms with Crippen LogP contribution >= 0.6 is 0 Å². The largest absolute Gasteiger partial charge is 0.329 e. The van der Waals surface area contributed by atoms with Gasteiger partial charge < -0.3 is 11.5 Å². The summed E-state index contributed by atoms with van der Waals surface area (Å²) in [4.78, 5) is 0. The standard InChI is InChI=1S/C9H22N2/c1-7(2)8(3)4-5-9(11)6-10/h7-9H,4-6,10-11H2,1-3H3/t8-,9+/m0/s1. The Morgan fingerprint density at radius 2 is 1.64 bits per heavy atom. The van der Waals surface area contributed by atoms with E-state index in [1.807, 2.05) is 0 Å². The summed E-state index contributed by atoms with van der Waals surface area (Å²) in [5, 5.41) is 0. The Labute approximate surface area is 70.3 Å². The van der Waals surface area contributed by atoms with Gasteiger partial charge in [-0.05, 0) is 24.7 Å². The second kappa shape index (κ2) is 5.56. The lowest BCUT2D eigenvalue weighted by Gasteiger charge is -2.17. The van der Waals surface area contributed by atoms with E-state index < -0.39 is 0 Å². The summed E-state index contributed by atoms with van der Waals surface area (Å²) in [5.74, 6) is 1.53. The van der Waals surface area contributed by atoms with Gasteiger partial charge in [-0.1, -0.05) is 20.8 Å². The molecule has 0 bridgehead atoms. The van der Waals surface area contributed by atoms with Gasteiger partial charge in [-0.15, -0.1) is 0 Å². The van der Waals surface area contributed by atoms with Gasteiger partial charge in [0.05, 0.1) is 0 Å². The Morgan fingerprint density at radius 1 is 1.09 bits per heavy atom. The van der Waals surface area contributed by atoms with E-state index in [0.717, 1.165) is 18.3 Å². The van der Waals surface area contributed by atoms with Gasteiger partial charge in [-0.3, -0.25) is 0 Å². The quantitative estimate of drug-likeness (QED) is 0.634. The minimum atomic E-state index is 0.205. The van der Waals surface area contributed by atoms with Crippen molar-refractivity contribution in [3.8, 4) is 0 Å². The van der Waals surface area contributed by atoms with Crippen molar-refractivity contribution in [1.82, 2.24) is 0 Å². The molecule has 0 fully saturated rings. The Hall–Kier alpha value is -0.0800. The Kier molecular flexibility index (Phi) is 5.51. The summed E-state index contributed by atoms with van der Waals surface area (Å²) in [6, 6.07) is 0.205. The van der Waals surface area contributed by atoms with Crippen LogP contribution in [0.25, 0.3) is 0 Å². The summed E-state index contributed by atoms with van der Waals surface area (Å²) in [5.41, 5.74) is 11.1. The minimum Gasteiger partial charge on any atom is -0.329 e. The van der Waals surface area contributed by atoms with Gasteiger partial charge in [0, 0.05) is 12.6 Å². The summed E-state index contributed by atoms with van der Waals surface area (Å²) in [6.07, 6.45) is 2.27. The fraction of sp³-hybridized carbons (Fsp3) is 1.00. The van der Waals surface area contributed by atoms with Crippen molar-refractivity contribution in [2.24, 2.45) is 23.3 Å². The molecule has 4 N–H and O–H groups in total. The third kappa shape index (κ3) is 5.22. The van der Waals surface area contributed by atoms with Crippen molar-refractivity contribution < 1.29 is 0 Å². The first kappa shape index (κ1) is 10.9. The Balaban J connectivity index is 3.37. The van der Waals surface area contributed by atoms with Crippen LogP contribution in [-0.4, -0.2) is 12.6 Å². The molecule has 0 aromatic carbocycles. The Bertz CT molecular complexity index is 91.6. The highest BCUT2D eigenvalue weighted by atomic mass is 14.7. The molecule has 11 heavy (non-hydrogen) atoms. The molecule has 0 saturated carbocycles. The van der Waals surface area contributed by atoms with Crippen molar-refractivity contribution in [2.45, 2.75) is 39.7 Å². The number of hydrogen-bond acceptors (Lipinski definition) is 2. The molecule has 0 aliphatic heterocycles. The summed E-state index contributed by atoms with van der Waals surface area (Å²) >= 11 is 0. The monoisotopic (exact) mass is 158 g/mol. The Morgan fingerprint density at radius 3 is 2.00 bits per heavy atom. The predicted octanol–water partition coefficient (Wildman–Crippen LogP) is 1.34. The fourth-order valence-electron chi connectivity index (χ4n) is 0.928. The molecule has 0 spiro atoms. The highest BCUT2D eigenvalue weighted by Crippen LogP contribution is 2.16. The molecule has 0 heterocycles. The molecule has 0 aliphatic carbocycles. The summed E-state index contributed by atoms with van der Waals surface area (Å²) < 4.78 is 0. The summed E-state index contributed by atoms with van der Waals surface area (Å²) in [6.45, 7) is 7.38. The molecule has 0 amide bonds. The number of hydrogen-bond donors (Lipinski definition) is 2. The van der Waals surface area contributed by atoms with Crippen molar-refractivity contribution >= 4 is 0 Å². The first-order valence-corrected chi connectivity index (χ1v) is 4.53. The van der Waals surface area contributed by atoms with E-state index in [9.17, 15) is 0 Å². The third-order valence-corrected chi connectivity index (χ3v) is 2.43. The van der Waals surface area contributed by atoms with Crippen molar-refractivity contribution in [1.29, 1.82) is 0 Å². The first-order chi connectivity index (χ1) is 5.07. The zero-order chi connectivity index (χ0) is 8.85. The zero-order valence-corrected chi connectivity index (χ0v) is 8.01. The smallest absolute Gasteiger partial charge is 0.0163 e. The first-order valence-electron chi connectivity index (χ1n) is 4.53. The third-order valence-electron chi connectivity index (χ3n) is 2.43. The fourth-order valence-corrected chi connectivity index (χ4v) is 0.928. The van der Waals surface area contributed by atoms with Gasteiger partial charge in [0.25, 0.3) is 0 Å². The highest BCUT2D eigenvalue weighted by molar-refractivity contribution is 4.65. The van der Waals surface area contributed by atoms with E-state index >= 15 is 0 Å². The van der Waals surface area contributed by atoms with Crippen LogP contribution in [0.4, 0.5) is 0 Å². The lowest BCUT2D eigenvalue weighted by molar-refractivity contribution is 0.368. The predicted molar refractivity (Wildman–Crippen MR) is 50.3 cm³/mol. The molecule has 2 atom stereocenters. The molecule has 0 saturated heterocycles. The molecule has 0 unspecified atom stereocenters. The molecule has 0 aliphatic rings. The molecule has 0 aromatic rings. The highest BCUT2D eigenvalue weighted by Gasteiger charge is 2.08. The molecule has 0 aromatic heterocycles. The van der Waals surface area contributed by atoms with Crippen LogP contribution in [0.5, 0.6) is 0 Å². The van der Waals surface area contributed by atoms with Gasteiger partial charge in [-0.2, -0.15) is 0 Å². The molecule has 2 nitrogen and oxygen atoms in total. The van der Waals surface area contributed by atoms with Crippen LogP contribution in [-0.2, 0) is 0 Å². The van der Waals surface area contributed by atoms with Crippen LogP contribution in [0.2, 0.25) is 0 Å². The molecular formula is C9H22N2. The maximum Gasteiger partial charge on any atom is 0.0163 e. The maximum atomic E-state index is 5.70. The lowest BCUT2D eigenvalue weighted by Crippen LogP contribution is -2.30. The van der Waals surface area contributed by atoms with E-state index in [-0.39, 0.29) is 6.04 Å². The van der Waals surface area contributed by atoms with Gasteiger partial charge in [0.2, 0.25) is 0 Å². The van der Waals surface area contributed by atoms with E-state index in [2.05, 4.69) is 20.8 Å². The molecular weight excluding hydrogens is 136 g/mol. The van der Waals surface area contributed by atoms with E-state index in [1.165, 1.54) is 6.42 Å². The maximum absolute atomic E-state index is 5.70. The topological polar surface area (TPSA) is 52.0 Å². The molecule has 68 valence electrons. The van der Waals surface area contributed by atoms with Crippen molar-refractivity contribution in [2.75, 3.05) is 6.54 Å². The lowest BCUT2D eigenvalue weighted by atomic mass is 9.92. The van der Waals surface area contributed by atoms with E-state index in [1.54, 1.807) is 0 Å². The second-order valence-electron chi connectivity index (χ2n) is 3.79. The van der Waals surface area contributed by atoms with Gasteiger partial charge >= 0.3 is 0 Å². The molecule has 2 heteroatoms. The van der Waals surface area contributed by atoms with Crippen molar-refractivity contribution in [3.05, 3.63) is 0 Å². The average molecular weight is 158 g/mol. The van der Waals surface area contributed by atoms with Gasteiger partial charge in [0.15, 0.2) is 0 Å². The normalized spacial score (nSPS) is 16.9. The van der Waals surface area contributed by atoms with Crippen LogP contribution in [0, 0.1) is 11.8 Å². The molecule has 0 radical (unpaired) electrons. The van der Waals surface area contributed by atoms with Crippen LogP contribution in [0.3, 0.4) is 0 Å².